The molecule has 0 aromatic heterocycles. The Kier molecular flexibility index (Phi) is 8.55. The van der Waals surface area contributed by atoms with Gasteiger partial charge in [0.05, 0.1) is 13.2 Å². The zero-order valence-electron chi connectivity index (χ0n) is 19.8. The fourth-order valence-electron chi connectivity index (χ4n) is 4.72. The molecular formula is C27H35N3O4. The first-order chi connectivity index (χ1) is 16.6. The van der Waals surface area contributed by atoms with Crippen molar-refractivity contribution in [2.24, 2.45) is 0 Å². The molecule has 0 radical (unpaired) electrons. The molecule has 7 nitrogen and oxygen atoms in total. The predicted octanol–water partition coefficient (Wildman–Crippen LogP) is 3.20. The van der Waals surface area contributed by atoms with Gasteiger partial charge in [-0.15, -0.1) is 0 Å². The highest BCUT2D eigenvalue weighted by Gasteiger charge is 2.40. The van der Waals surface area contributed by atoms with Crippen molar-refractivity contribution in [3.63, 3.8) is 0 Å². The third-order valence-corrected chi connectivity index (χ3v) is 6.78. The Morgan fingerprint density at radius 2 is 1.56 bits per heavy atom. The summed E-state index contributed by atoms with van der Waals surface area (Å²) in [6, 6.07) is 20.0. The predicted molar refractivity (Wildman–Crippen MR) is 130 cm³/mol. The number of nitrogens with one attached hydrogen (secondary N) is 1. The number of alkyl carbamates (subject to hydrolysis) is 1. The fraction of sp³-hybridized carbons (Fsp3) is 0.481. The summed E-state index contributed by atoms with van der Waals surface area (Å²) in [4.78, 5) is 29.8. The Bertz CT molecular complexity index is 908. The van der Waals surface area contributed by atoms with Gasteiger partial charge in [0, 0.05) is 58.5 Å². The van der Waals surface area contributed by atoms with E-state index in [1.54, 1.807) is 0 Å². The topological polar surface area (TPSA) is 71.1 Å². The molecule has 2 saturated heterocycles. The molecule has 2 fully saturated rings. The number of nitrogens with zero attached hydrogens (tertiary/aromatic N) is 2. The summed E-state index contributed by atoms with van der Waals surface area (Å²) in [7, 11) is 0. The minimum Gasteiger partial charge on any atom is -0.438 e. The highest BCUT2D eigenvalue weighted by atomic mass is 16.6. The third-order valence-electron chi connectivity index (χ3n) is 6.78. The van der Waals surface area contributed by atoms with E-state index in [1.807, 2.05) is 53.4 Å². The van der Waals surface area contributed by atoms with Crippen molar-refractivity contribution in [1.29, 1.82) is 0 Å². The summed E-state index contributed by atoms with van der Waals surface area (Å²) in [5.74, 6) is 0.153. The maximum atomic E-state index is 12.8. The highest BCUT2D eigenvalue weighted by molar-refractivity contribution is 5.76. The average Bonchev–Trinajstić information content (AvgIpc) is 2.89. The normalized spacial score (nSPS) is 18.3. The van der Waals surface area contributed by atoms with E-state index < -0.39 is 11.7 Å². The second-order valence-corrected chi connectivity index (χ2v) is 9.00. The van der Waals surface area contributed by atoms with Gasteiger partial charge in [0.15, 0.2) is 0 Å². The van der Waals surface area contributed by atoms with Gasteiger partial charge in [0.1, 0.15) is 5.60 Å². The number of rotatable bonds is 8. The summed E-state index contributed by atoms with van der Waals surface area (Å²) < 4.78 is 11.5. The number of piperidine rings is 1. The zero-order chi connectivity index (χ0) is 23.6. The van der Waals surface area contributed by atoms with Crippen LogP contribution in [0.4, 0.5) is 4.79 Å². The first kappa shape index (κ1) is 24.2. The van der Waals surface area contributed by atoms with Gasteiger partial charge in [-0.1, -0.05) is 60.7 Å². The number of benzene rings is 2. The number of amides is 2. The van der Waals surface area contributed by atoms with Gasteiger partial charge >= 0.3 is 6.09 Å². The number of carbonyl (C=O) groups is 2. The maximum Gasteiger partial charge on any atom is 0.408 e. The van der Waals surface area contributed by atoms with Crippen LogP contribution in [0.3, 0.4) is 0 Å². The molecule has 34 heavy (non-hydrogen) atoms. The van der Waals surface area contributed by atoms with Gasteiger partial charge in [-0.2, -0.15) is 0 Å². The molecule has 2 heterocycles. The second-order valence-electron chi connectivity index (χ2n) is 9.00. The minimum absolute atomic E-state index is 0.153. The van der Waals surface area contributed by atoms with Crippen molar-refractivity contribution in [1.82, 2.24) is 15.1 Å². The van der Waals surface area contributed by atoms with E-state index in [2.05, 4.69) is 22.3 Å². The van der Waals surface area contributed by atoms with E-state index in [-0.39, 0.29) is 5.91 Å². The van der Waals surface area contributed by atoms with Crippen molar-refractivity contribution in [2.45, 2.75) is 31.3 Å². The zero-order valence-corrected chi connectivity index (χ0v) is 19.8. The van der Waals surface area contributed by atoms with Gasteiger partial charge in [-0.25, -0.2) is 4.79 Å². The Hall–Kier alpha value is -2.90. The highest BCUT2D eigenvalue weighted by Crippen LogP contribution is 2.37. The van der Waals surface area contributed by atoms with E-state index in [0.29, 0.717) is 38.9 Å². The van der Waals surface area contributed by atoms with E-state index in [4.69, 9.17) is 9.47 Å². The summed E-state index contributed by atoms with van der Waals surface area (Å²) >= 11 is 0. The monoisotopic (exact) mass is 465 g/mol. The van der Waals surface area contributed by atoms with Crippen molar-refractivity contribution in [3.05, 3.63) is 71.8 Å². The molecule has 7 heteroatoms. The molecule has 0 saturated carbocycles. The van der Waals surface area contributed by atoms with Crippen molar-refractivity contribution in [3.8, 4) is 0 Å². The summed E-state index contributed by atoms with van der Waals surface area (Å²) in [6.45, 7) is 5.71. The molecule has 2 aliphatic rings. The van der Waals surface area contributed by atoms with Gasteiger partial charge < -0.3 is 19.7 Å². The van der Waals surface area contributed by atoms with E-state index in [0.717, 1.165) is 44.8 Å². The van der Waals surface area contributed by atoms with Crippen LogP contribution in [0, 0.1) is 0 Å². The molecule has 4 rings (SSSR count). The van der Waals surface area contributed by atoms with Gasteiger partial charge in [0.25, 0.3) is 0 Å². The Morgan fingerprint density at radius 3 is 2.24 bits per heavy atom. The van der Waals surface area contributed by atoms with Crippen molar-refractivity contribution >= 4 is 12.0 Å². The minimum atomic E-state index is -0.722. The SMILES string of the molecule is O=C(NCCN1CCOCC1)OC1(c2ccccc2)CCN(C(=O)CCc2ccccc2)CC1. The number of carbonyl (C=O) groups excluding carboxylic acids is 2. The molecule has 0 bridgehead atoms. The smallest absolute Gasteiger partial charge is 0.408 e. The van der Waals surface area contributed by atoms with Crippen LogP contribution in [0.25, 0.3) is 0 Å². The lowest BCUT2D eigenvalue weighted by molar-refractivity contribution is -0.135. The standard InChI is InChI=1S/C27H35N3O4/c31-25(12-11-23-7-3-1-4-8-23)30-16-13-27(14-17-30,24-9-5-2-6-10-24)34-26(32)28-15-18-29-19-21-33-22-20-29/h1-10H,11-22H2,(H,28,32). The molecule has 2 aromatic rings. The molecule has 2 aromatic carbocycles. The number of hydrogen-bond acceptors (Lipinski definition) is 5. The number of aryl methyl sites for hydroxylation is 1. The van der Waals surface area contributed by atoms with Crippen LogP contribution in [0.15, 0.2) is 60.7 Å². The summed E-state index contributed by atoms with van der Waals surface area (Å²) in [5, 5.41) is 2.92. The molecule has 2 aliphatic heterocycles. The number of likely N-dealkylation sites (tertiary alicyclic amines) is 1. The lowest BCUT2D eigenvalue weighted by Crippen LogP contribution is -2.49. The van der Waals surface area contributed by atoms with Crippen LogP contribution in [-0.4, -0.2) is 74.3 Å². The molecule has 1 N–H and O–H groups in total. The van der Waals surface area contributed by atoms with Crippen LogP contribution in [0.2, 0.25) is 0 Å². The van der Waals surface area contributed by atoms with E-state index in [1.165, 1.54) is 5.56 Å². The van der Waals surface area contributed by atoms with E-state index in [9.17, 15) is 9.59 Å². The Balaban J connectivity index is 1.31. The fourth-order valence-corrected chi connectivity index (χ4v) is 4.72. The van der Waals surface area contributed by atoms with Crippen LogP contribution in [0.5, 0.6) is 0 Å². The first-order valence-corrected chi connectivity index (χ1v) is 12.3. The molecule has 0 spiro atoms. The number of morpholine rings is 1. The lowest BCUT2D eigenvalue weighted by atomic mass is 9.84. The van der Waals surface area contributed by atoms with E-state index >= 15 is 0 Å². The van der Waals surface area contributed by atoms with Crippen LogP contribution < -0.4 is 5.32 Å². The second kappa shape index (κ2) is 12.0. The van der Waals surface area contributed by atoms with Crippen molar-refractivity contribution < 1.29 is 19.1 Å². The Labute approximate surface area is 202 Å². The number of ether oxygens (including phenoxy) is 2. The Morgan fingerprint density at radius 1 is 0.912 bits per heavy atom. The lowest BCUT2D eigenvalue weighted by Gasteiger charge is -2.41. The van der Waals surface area contributed by atoms with Gasteiger partial charge in [0.2, 0.25) is 5.91 Å². The largest absolute Gasteiger partial charge is 0.438 e. The molecule has 2 amide bonds. The summed E-state index contributed by atoms with van der Waals surface area (Å²) in [6.07, 6.45) is 2.00. The molecule has 0 unspecified atom stereocenters. The average molecular weight is 466 g/mol. The van der Waals surface area contributed by atoms with Gasteiger partial charge in [-0.05, 0) is 17.5 Å². The maximum absolute atomic E-state index is 12.8. The number of hydrogen-bond donors (Lipinski definition) is 1. The van der Waals surface area contributed by atoms with Gasteiger partial charge in [-0.3, -0.25) is 9.69 Å². The first-order valence-electron chi connectivity index (χ1n) is 12.3. The quantitative estimate of drug-likeness (QED) is 0.648. The van der Waals surface area contributed by atoms with Crippen LogP contribution >= 0.6 is 0 Å². The third kappa shape index (κ3) is 6.58. The molecule has 182 valence electrons. The molecular weight excluding hydrogens is 430 g/mol. The summed E-state index contributed by atoms with van der Waals surface area (Å²) in [5.41, 5.74) is 1.43. The molecule has 0 aliphatic carbocycles. The van der Waals surface area contributed by atoms with Crippen LogP contribution in [-0.2, 0) is 26.3 Å². The van der Waals surface area contributed by atoms with Crippen LogP contribution in [0.1, 0.15) is 30.4 Å². The van der Waals surface area contributed by atoms with Crippen molar-refractivity contribution in [2.75, 3.05) is 52.5 Å². The molecule has 0 atom stereocenters.